The van der Waals surface area contributed by atoms with Crippen LogP contribution < -0.4 is 5.32 Å². The zero-order chi connectivity index (χ0) is 17.2. The maximum Gasteiger partial charge on any atom is 0.242 e. The van der Waals surface area contributed by atoms with Crippen molar-refractivity contribution in [2.24, 2.45) is 11.8 Å². The van der Waals surface area contributed by atoms with Crippen molar-refractivity contribution in [3.05, 3.63) is 35.9 Å². The van der Waals surface area contributed by atoms with Gasteiger partial charge in [-0.2, -0.15) is 0 Å². The molecule has 1 aromatic carbocycles. The van der Waals surface area contributed by atoms with Crippen molar-refractivity contribution in [2.75, 3.05) is 13.1 Å². The molecule has 2 amide bonds. The van der Waals surface area contributed by atoms with E-state index in [1.165, 1.54) is 5.56 Å². The van der Waals surface area contributed by atoms with Gasteiger partial charge in [0.1, 0.15) is 6.04 Å². The standard InChI is InChI=1S/C21H28N2O2/c24-20(22-14-17-13-18(17)15-7-2-1-3-8-15)19-11-6-12-23(19)21(25)16-9-4-5-10-16/h1-3,7-8,16-19H,4-6,9-14H2,(H,22,24)/t17-,18+,19-/m0/s1. The summed E-state index contributed by atoms with van der Waals surface area (Å²) < 4.78 is 0. The Labute approximate surface area is 150 Å². The number of nitrogens with zero attached hydrogens (tertiary/aromatic N) is 1. The fourth-order valence-electron chi connectivity index (χ4n) is 4.64. The van der Waals surface area contributed by atoms with Gasteiger partial charge in [0, 0.05) is 19.0 Å². The molecule has 134 valence electrons. The smallest absolute Gasteiger partial charge is 0.242 e. The molecule has 0 spiro atoms. The third kappa shape index (κ3) is 3.58. The molecule has 4 nitrogen and oxygen atoms in total. The molecule has 4 heteroatoms. The number of hydrogen-bond donors (Lipinski definition) is 1. The van der Waals surface area contributed by atoms with E-state index in [0.717, 1.165) is 58.0 Å². The Kier molecular flexibility index (Phi) is 4.78. The third-order valence-corrected chi connectivity index (χ3v) is 6.23. The van der Waals surface area contributed by atoms with E-state index in [9.17, 15) is 9.59 Å². The highest BCUT2D eigenvalue weighted by molar-refractivity contribution is 5.89. The minimum Gasteiger partial charge on any atom is -0.354 e. The number of likely N-dealkylation sites (tertiary alicyclic amines) is 1. The van der Waals surface area contributed by atoms with Crippen LogP contribution in [-0.2, 0) is 9.59 Å². The maximum absolute atomic E-state index is 12.7. The lowest BCUT2D eigenvalue weighted by Gasteiger charge is -2.26. The van der Waals surface area contributed by atoms with Gasteiger partial charge in [0.2, 0.25) is 11.8 Å². The van der Waals surface area contributed by atoms with Crippen LogP contribution >= 0.6 is 0 Å². The average Bonchev–Trinajstić information content (AvgIpc) is 3.05. The number of benzene rings is 1. The summed E-state index contributed by atoms with van der Waals surface area (Å²) in [4.78, 5) is 27.2. The Morgan fingerprint density at radius 1 is 1.04 bits per heavy atom. The van der Waals surface area contributed by atoms with Gasteiger partial charge in [-0.3, -0.25) is 9.59 Å². The van der Waals surface area contributed by atoms with Gasteiger partial charge < -0.3 is 10.2 Å². The molecular weight excluding hydrogens is 312 g/mol. The molecule has 1 saturated heterocycles. The van der Waals surface area contributed by atoms with Crippen LogP contribution in [0.2, 0.25) is 0 Å². The number of rotatable bonds is 5. The first-order chi connectivity index (χ1) is 12.2. The first-order valence-electron chi connectivity index (χ1n) is 9.87. The minimum atomic E-state index is -0.234. The highest BCUT2D eigenvalue weighted by Crippen LogP contribution is 2.46. The predicted octanol–water partition coefficient (Wildman–Crippen LogP) is 3.09. The second kappa shape index (κ2) is 7.19. The van der Waals surface area contributed by atoms with Crippen molar-refractivity contribution in [3.8, 4) is 0 Å². The van der Waals surface area contributed by atoms with Crippen LogP contribution in [0.4, 0.5) is 0 Å². The van der Waals surface area contributed by atoms with E-state index >= 15 is 0 Å². The molecule has 0 aromatic heterocycles. The Bertz CT molecular complexity index is 624. The number of nitrogens with one attached hydrogen (secondary N) is 1. The number of amides is 2. The normalized spacial score (nSPS) is 29.0. The molecule has 0 radical (unpaired) electrons. The summed E-state index contributed by atoms with van der Waals surface area (Å²) in [5.41, 5.74) is 1.38. The molecule has 3 fully saturated rings. The summed E-state index contributed by atoms with van der Waals surface area (Å²) in [7, 11) is 0. The van der Waals surface area contributed by atoms with Crippen molar-refractivity contribution in [1.82, 2.24) is 10.2 Å². The van der Waals surface area contributed by atoms with E-state index in [4.69, 9.17) is 0 Å². The van der Waals surface area contributed by atoms with Gasteiger partial charge in [-0.15, -0.1) is 0 Å². The van der Waals surface area contributed by atoms with Gasteiger partial charge in [-0.1, -0.05) is 43.2 Å². The molecule has 0 unspecified atom stereocenters. The van der Waals surface area contributed by atoms with E-state index in [1.54, 1.807) is 0 Å². The van der Waals surface area contributed by atoms with Crippen LogP contribution in [0.5, 0.6) is 0 Å². The van der Waals surface area contributed by atoms with Gasteiger partial charge in [0.25, 0.3) is 0 Å². The molecule has 1 aliphatic heterocycles. The molecule has 3 aliphatic rings. The minimum absolute atomic E-state index is 0.0579. The van der Waals surface area contributed by atoms with Crippen molar-refractivity contribution in [2.45, 2.75) is 56.9 Å². The van der Waals surface area contributed by atoms with Gasteiger partial charge in [-0.25, -0.2) is 0 Å². The Balaban J connectivity index is 1.28. The number of carbonyl (C=O) groups excluding carboxylic acids is 2. The molecular formula is C21H28N2O2. The summed E-state index contributed by atoms with van der Waals surface area (Å²) >= 11 is 0. The molecule has 2 saturated carbocycles. The lowest BCUT2D eigenvalue weighted by molar-refractivity contribution is -0.141. The lowest BCUT2D eigenvalue weighted by Crippen LogP contribution is -2.48. The molecule has 2 aliphatic carbocycles. The summed E-state index contributed by atoms with van der Waals surface area (Å²) in [6.45, 7) is 1.49. The lowest BCUT2D eigenvalue weighted by atomic mass is 10.1. The van der Waals surface area contributed by atoms with Crippen LogP contribution in [0.1, 0.15) is 56.4 Å². The van der Waals surface area contributed by atoms with Crippen LogP contribution in [0, 0.1) is 11.8 Å². The summed E-state index contributed by atoms with van der Waals surface area (Å²) in [6.07, 6.45) is 7.24. The first-order valence-corrected chi connectivity index (χ1v) is 9.87. The molecule has 1 heterocycles. The molecule has 0 bridgehead atoms. The highest BCUT2D eigenvalue weighted by atomic mass is 16.2. The van der Waals surface area contributed by atoms with Crippen LogP contribution in [0.25, 0.3) is 0 Å². The highest BCUT2D eigenvalue weighted by Gasteiger charge is 2.40. The zero-order valence-corrected chi connectivity index (χ0v) is 14.8. The van der Waals surface area contributed by atoms with Crippen molar-refractivity contribution in [1.29, 1.82) is 0 Å². The molecule has 1 aromatic rings. The second-order valence-electron chi connectivity index (χ2n) is 7.93. The third-order valence-electron chi connectivity index (χ3n) is 6.23. The molecule has 4 rings (SSSR count). The average molecular weight is 340 g/mol. The zero-order valence-electron chi connectivity index (χ0n) is 14.8. The van der Waals surface area contributed by atoms with E-state index in [1.807, 2.05) is 11.0 Å². The fraction of sp³-hybridized carbons (Fsp3) is 0.619. The maximum atomic E-state index is 12.7. The molecule has 25 heavy (non-hydrogen) atoms. The Morgan fingerprint density at radius 2 is 1.80 bits per heavy atom. The summed E-state index contributed by atoms with van der Waals surface area (Å²) in [6, 6.07) is 10.3. The van der Waals surface area contributed by atoms with Gasteiger partial charge in [0.15, 0.2) is 0 Å². The van der Waals surface area contributed by atoms with E-state index in [2.05, 4.69) is 29.6 Å². The van der Waals surface area contributed by atoms with Crippen molar-refractivity contribution >= 4 is 11.8 Å². The van der Waals surface area contributed by atoms with Crippen molar-refractivity contribution in [3.63, 3.8) is 0 Å². The summed E-state index contributed by atoms with van der Waals surface area (Å²) in [5, 5.41) is 3.13. The summed E-state index contributed by atoms with van der Waals surface area (Å²) in [5.74, 6) is 1.58. The quantitative estimate of drug-likeness (QED) is 0.895. The van der Waals surface area contributed by atoms with E-state index in [-0.39, 0.29) is 23.8 Å². The van der Waals surface area contributed by atoms with E-state index < -0.39 is 0 Å². The SMILES string of the molecule is O=C(NC[C@@H]1C[C@@H]1c1ccccc1)[C@@H]1CCCN1C(=O)C1CCCC1. The van der Waals surface area contributed by atoms with Crippen LogP contribution in [-0.4, -0.2) is 35.8 Å². The van der Waals surface area contributed by atoms with Crippen LogP contribution in [0.15, 0.2) is 30.3 Å². The van der Waals surface area contributed by atoms with Gasteiger partial charge in [-0.05, 0) is 49.5 Å². The Morgan fingerprint density at radius 3 is 2.56 bits per heavy atom. The number of hydrogen-bond acceptors (Lipinski definition) is 2. The van der Waals surface area contributed by atoms with Crippen LogP contribution in [0.3, 0.4) is 0 Å². The van der Waals surface area contributed by atoms with Crippen molar-refractivity contribution < 1.29 is 9.59 Å². The monoisotopic (exact) mass is 340 g/mol. The molecule has 3 atom stereocenters. The second-order valence-corrected chi connectivity index (χ2v) is 7.93. The Hall–Kier alpha value is -1.84. The predicted molar refractivity (Wildman–Crippen MR) is 97.0 cm³/mol. The number of carbonyl (C=O) groups is 2. The topological polar surface area (TPSA) is 49.4 Å². The largest absolute Gasteiger partial charge is 0.354 e. The van der Waals surface area contributed by atoms with Gasteiger partial charge >= 0.3 is 0 Å². The molecule has 1 N–H and O–H groups in total. The van der Waals surface area contributed by atoms with E-state index in [0.29, 0.717) is 11.8 Å². The first kappa shape index (κ1) is 16.6. The van der Waals surface area contributed by atoms with Gasteiger partial charge in [0.05, 0.1) is 0 Å². The fourth-order valence-corrected chi connectivity index (χ4v) is 4.64.